The first-order valence-electron chi connectivity index (χ1n) is 6.55. The van der Waals surface area contributed by atoms with Crippen LogP contribution in [0.4, 0.5) is 0 Å². The van der Waals surface area contributed by atoms with E-state index in [1.807, 2.05) is 0 Å². The van der Waals surface area contributed by atoms with Crippen molar-refractivity contribution >= 4 is 0 Å². The minimum atomic E-state index is 0.197. The van der Waals surface area contributed by atoms with Crippen molar-refractivity contribution in [2.45, 2.75) is 25.4 Å². The average molecular weight is 244 g/mol. The molecule has 1 aliphatic heterocycles. The van der Waals surface area contributed by atoms with Crippen molar-refractivity contribution in [3.63, 3.8) is 0 Å². The molecule has 1 aromatic rings. The van der Waals surface area contributed by atoms with Crippen molar-refractivity contribution in [3.8, 4) is 5.75 Å². The first kappa shape index (κ1) is 11.6. The van der Waals surface area contributed by atoms with Crippen LogP contribution in [0.15, 0.2) is 30.5 Å². The molecule has 0 fully saturated rings. The van der Waals surface area contributed by atoms with Crippen molar-refractivity contribution in [2.75, 3.05) is 13.7 Å². The summed E-state index contributed by atoms with van der Waals surface area (Å²) in [5, 5.41) is 0. The molecule has 3 heteroatoms. The molecule has 96 valence electrons. The normalized spacial score (nSPS) is 26.1. The van der Waals surface area contributed by atoms with Crippen LogP contribution in [-0.2, 0) is 6.42 Å². The number of nitrogens with two attached hydrogens (primary N) is 1. The van der Waals surface area contributed by atoms with E-state index in [0.29, 0.717) is 12.0 Å². The van der Waals surface area contributed by atoms with Crippen LogP contribution in [0.25, 0.3) is 0 Å². The van der Waals surface area contributed by atoms with Crippen LogP contribution in [0.1, 0.15) is 24.1 Å². The SMILES string of the molecule is COc1ccc2c(c1)C1C(C=CN1CC(C)N)C2. The fourth-order valence-corrected chi connectivity index (χ4v) is 3.18. The lowest BCUT2D eigenvalue weighted by Crippen LogP contribution is -2.33. The lowest BCUT2D eigenvalue weighted by Gasteiger charge is -2.28. The van der Waals surface area contributed by atoms with E-state index in [2.05, 4.69) is 42.3 Å². The highest BCUT2D eigenvalue weighted by Gasteiger charge is 2.37. The molecule has 2 N–H and O–H groups in total. The molecule has 1 aromatic carbocycles. The Hall–Kier alpha value is -1.48. The number of fused-ring (bicyclic) bond motifs is 3. The van der Waals surface area contributed by atoms with Crippen LogP contribution >= 0.6 is 0 Å². The van der Waals surface area contributed by atoms with Gasteiger partial charge in [-0.05, 0) is 42.8 Å². The number of rotatable bonds is 3. The van der Waals surface area contributed by atoms with Crippen molar-refractivity contribution in [1.82, 2.24) is 4.90 Å². The monoisotopic (exact) mass is 244 g/mol. The number of ether oxygens (including phenoxy) is 1. The first-order chi connectivity index (χ1) is 8.69. The third-order valence-corrected chi connectivity index (χ3v) is 3.91. The molecule has 0 bridgehead atoms. The molecule has 18 heavy (non-hydrogen) atoms. The summed E-state index contributed by atoms with van der Waals surface area (Å²) in [5.41, 5.74) is 8.79. The second-order valence-electron chi connectivity index (χ2n) is 5.39. The zero-order chi connectivity index (χ0) is 12.7. The molecular weight excluding hydrogens is 224 g/mol. The third kappa shape index (κ3) is 1.79. The van der Waals surface area contributed by atoms with Crippen LogP contribution in [0.2, 0.25) is 0 Å². The predicted molar refractivity (Wildman–Crippen MR) is 72.4 cm³/mol. The van der Waals surface area contributed by atoms with E-state index in [9.17, 15) is 0 Å². The van der Waals surface area contributed by atoms with Gasteiger partial charge in [0.2, 0.25) is 0 Å². The van der Waals surface area contributed by atoms with Gasteiger partial charge in [0.25, 0.3) is 0 Å². The Morgan fingerprint density at radius 1 is 1.50 bits per heavy atom. The van der Waals surface area contributed by atoms with E-state index >= 15 is 0 Å². The van der Waals surface area contributed by atoms with Crippen LogP contribution in [0.5, 0.6) is 5.75 Å². The van der Waals surface area contributed by atoms with Crippen LogP contribution in [0, 0.1) is 5.92 Å². The van der Waals surface area contributed by atoms with Gasteiger partial charge in [-0.15, -0.1) is 0 Å². The highest BCUT2D eigenvalue weighted by atomic mass is 16.5. The number of hydrogen-bond donors (Lipinski definition) is 1. The summed E-state index contributed by atoms with van der Waals surface area (Å²) < 4.78 is 5.34. The number of hydrogen-bond acceptors (Lipinski definition) is 3. The van der Waals surface area contributed by atoms with Gasteiger partial charge in [0, 0.05) is 18.5 Å². The van der Waals surface area contributed by atoms with E-state index in [0.717, 1.165) is 18.7 Å². The Labute approximate surface area is 108 Å². The van der Waals surface area contributed by atoms with Crippen LogP contribution in [0.3, 0.4) is 0 Å². The average Bonchev–Trinajstić information content (AvgIpc) is 2.88. The fourth-order valence-electron chi connectivity index (χ4n) is 3.18. The summed E-state index contributed by atoms with van der Waals surface area (Å²) in [7, 11) is 1.72. The molecule has 1 heterocycles. The molecule has 0 aromatic heterocycles. The van der Waals surface area contributed by atoms with Gasteiger partial charge in [-0.25, -0.2) is 0 Å². The molecule has 1 aliphatic carbocycles. The molecule has 3 nitrogen and oxygen atoms in total. The zero-order valence-electron chi connectivity index (χ0n) is 11.0. The largest absolute Gasteiger partial charge is 0.497 e. The molecule has 0 spiro atoms. The van der Waals surface area contributed by atoms with Crippen LogP contribution < -0.4 is 10.5 Å². The molecular formula is C15H20N2O. The highest BCUT2D eigenvalue weighted by molar-refractivity contribution is 5.44. The molecule has 2 aliphatic rings. The Balaban J connectivity index is 1.92. The molecule has 3 rings (SSSR count). The maximum atomic E-state index is 5.93. The smallest absolute Gasteiger partial charge is 0.119 e. The molecule has 0 saturated carbocycles. The first-order valence-corrected chi connectivity index (χ1v) is 6.55. The lowest BCUT2D eigenvalue weighted by atomic mass is 10.0. The second kappa shape index (κ2) is 4.32. The van der Waals surface area contributed by atoms with E-state index in [1.165, 1.54) is 11.1 Å². The van der Waals surface area contributed by atoms with Crippen LogP contribution in [-0.4, -0.2) is 24.6 Å². The lowest BCUT2D eigenvalue weighted by molar-refractivity contribution is 0.261. The summed E-state index contributed by atoms with van der Waals surface area (Å²) in [6, 6.07) is 7.09. The van der Waals surface area contributed by atoms with Gasteiger partial charge in [-0.2, -0.15) is 0 Å². The van der Waals surface area contributed by atoms with Gasteiger partial charge in [0.05, 0.1) is 13.2 Å². The number of methoxy groups -OCH3 is 1. The maximum Gasteiger partial charge on any atom is 0.119 e. The predicted octanol–water partition coefficient (Wildman–Crippen LogP) is 2.09. The quantitative estimate of drug-likeness (QED) is 0.884. The minimum absolute atomic E-state index is 0.197. The highest BCUT2D eigenvalue weighted by Crippen LogP contribution is 2.45. The van der Waals surface area contributed by atoms with Gasteiger partial charge in [-0.1, -0.05) is 12.1 Å². The standard InChI is InChI=1S/C15H20N2O/c1-10(16)9-17-6-5-12-7-11-3-4-13(18-2)8-14(11)15(12)17/h3-6,8,10,12,15H,7,9,16H2,1-2H3. The van der Waals surface area contributed by atoms with Crippen molar-refractivity contribution < 1.29 is 4.74 Å². The topological polar surface area (TPSA) is 38.5 Å². The molecule has 0 amide bonds. The van der Waals surface area contributed by atoms with Crippen molar-refractivity contribution in [2.24, 2.45) is 11.7 Å². The van der Waals surface area contributed by atoms with Crippen molar-refractivity contribution in [1.29, 1.82) is 0 Å². The summed E-state index contributed by atoms with van der Waals surface area (Å²) in [6.45, 7) is 2.97. The summed E-state index contributed by atoms with van der Waals surface area (Å²) in [4.78, 5) is 2.38. The Kier molecular flexibility index (Phi) is 2.78. The third-order valence-electron chi connectivity index (χ3n) is 3.91. The van der Waals surface area contributed by atoms with E-state index < -0.39 is 0 Å². The number of benzene rings is 1. The Bertz CT molecular complexity index is 481. The summed E-state index contributed by atoms with van der Waals surface area (Å²) in [5.74, 6) is 1.55. The fraction of sp³-hybridized carbons (Fsp3) is 0.467. The van der Waals surface area contributed by atoms with Gasteiger partial charge >= 0.3 is 0 Å². The van der Waals surface area contributed by atoms with E-state index in [4.69, 9.17) is 10.5 Å². The second-order valence-corrected chi connectivity index (χ2v) is 5.39. The zero-order valence-corrected chi connectivity index (χ0v) is 11.0. The summed E-state index contributed by atoms with van der Waals surface area (Å²) >= 11 is 0. The Morgan fingerprint density at radius 2 is 2.33 bits per heavy atom. The Morgan fingerprint density at radius 3 is 3.06 bits per heavy atom. The van der Waals surface area contributed by atoms with Crippen molar-refractivity contribution in [3.05, 3.63) is 41.6 Å². The van der Waals surface area contributed by atoms with Gasteiger partial charge < -0.3 is 15.4 Å². The minimum Gasteiger partial charge on any atom is -0.497 e. The van der Waals surface area contributed by atoms with Gasteiger partial charge in [0.1, 0.15) is 5.75 Å². The molecule has 3 unspecified atom stereocenters. The molecule has 0 saturated heterocycles. The van der Waals surface area contributed by atoms with Gasteiger partial charge in [0.15, 0.2) is 0 Å². The molecule has 0 radical (unpaired) electrons. The summed E-state index contributed by atoms with van der Waals surface area (Å²) in [6.07, 6.45) is 5.66. The maximum absolute atomic E-state index is 5.93. The van der Waals surface area contributed by atoms with E-state index in [1.54, 1.807) is 7.11 Å². The van der Waals surface area contributed by atoms with Gasteiger partial charge in [-0.3, -0.25) is 0 Å². The molecule has 3 atom stereocenters. The number of nitrogens with zero attached hydrogens (tertiary/aromatic N) is 1. The van der Waals surface area contributed by atoms with E-state index in [-0.39, 0.29) is 6.04 Å².